The Balaban J connectivity index is 1.44. The number of sulfonamides is 1. The van der Waals surface area contributed by atoms with Crippen LogP contribution in [0.25, 0.3) is 10.9 Å². The van der Waals surface area contributed by atoms with Crippen molar-refractivity contribution >= 4 is 32.4 Å². The van der Waals surface area contributed by atoms with Gasteiger partial charge in [-0.25, -0.2) is 13.4 Å². The first kappa shape index (κ1) is 20.6. The lowest BCUT2D eigenvalue weighted by Crippen LogP contribution is -2.36. The molecule has 0 bridgehead atoms. The van der Waals surface area contributed by atoms with Crippen molar-refractivity contribution in [2.45, 2.75) is 31.7 Å². The highest BCUT2D eigenvalue weighted by Gasteiger charge is 2.33. The standard InChI is InChI=1S/C23H24N6O2S/c1-15-22(16(2)28(3)27-15)32(30,31)29-11-9-20-18(14-29)8-10-24-23(20)26-19-12-17-6-4-5-7-21(17)25-13-19/h4-8,10,12-13H,9,11,14H2,1-3H3,(H,24,26). The molecule has 8 nitrogen and oxygen atoms in total. The Kier molecular flexibility index (Phi) is 4.94. The van der Waals surface area contributed by atoms with Gasteiger partial charge in [-0.15, -0.1) is 0 Å². The van der Waals surface area contributed by atoms with Gasteiger partial charge in [-0.3, -0.25) is 9.67 Å². The zero-order valence-corrected chi connectivity index (χ0v) is 19.0. The van der Waals surface area contributed by atoms with E-state index in [1.165, 1.54) is 4.31 Å². The number of fused-ring (bicyclic) bond motifs is 2. The lowest BCUT2D eigenvalue weighted by molar-refractivity contribution is 0.390. The summed E-state index contributed by atoms with van der Waals surface area (Å²) < 4.78 is 29.9. The lowest BCUT2D eigenvalue weighted by atomic mass is 10.0. The van der Waals surface area contributed by atoms with Gasteiger partial charge in [0, 0.05) is 37.3 Å². The van der Waals surface area contributed by atoms with Crippen LogP contribution in [0, 0.1) is 13.8 Å². The smallest absolute Gasteiger partial charge is 0.247 e. The molecule has 3 aromatic heterocycles. The Bertz CT molecular complexity index is 1440. The normalized spacial score (nSPS) is 14.5. The van der Waals surface area contributed by atoms with Crippen LogP contribution in [0.2, 0.25) is 0 Å². The Morgan fingerprint density at radius 3 is 2.69 bits per heavy atom. The van der Waals surface area contributed by atoms with Crippen molar-refractivity contribution in [3.05, 3.63) is 71.3 Å². The number of nitrogens with zero attached hydrogens (tertiary/aromatic N) is 5. The lowest BCUT2D eigenvalue weighted by Gasteiger charge is -2.29. The number of aromatic nitrogens is 4. The molecule has 0 amide bonds. The molecule has 164 valence electrons. The Morgan fingerprint density at radius 2 is 1.91 bits per heavy atom. The minimum absolute atomic E-state index is 0.304. The Morgan fingerprint density at radius 1 is 1.09 bits per heavy atom. The van der Waals surface area contributed by atoms with Crippen molar-refractivity contribution in [1.82, 2.24) is 24.1 Å². The monoisotopic (exact) mass is 448 g/mol. The summed E-state index contributed by atoms with van der Waals surface area (Å²) in [7, 11) is -1.88. The van der Waals surface area contributed by atoms with Crippen LogP contribution in [0.3, 0.4) is 0 Å². The highest BCUT2D eigenvalue weighted by atomic mass is 32.2. The molecule has 9 heteroatoms. The van der Waals surface area contributed by atoms with Crippen LogP contribution in [0.5, 0.6) is 0 Å². The molecular weight excluding hydrogens is 424 g/mol. The predicted molar refractivity (Wildman–Crippen MR) is 123 cm³/mol. The molecule has 0 unspecified atom stereocenters. The van der Waals surface area contributed by atoms with Gasteiger partial charge in [0.05, 0.1) is 28.8 Å². The number of hydrogen-bond donors (Lipinski definition) is 1. The first-order valence-electron chi connectivity index (χ1n) is 10.4. The van der Waals surface area contributed by atoms with Crippen LogP contribution in [0.15, 0.2) is 53.7 Å². The number of hydrogen-bond acceptors (Lipinski definition) is 6. The number of anilines is 2. The van der Waals surface area contributed by atoms with Gasteiger partial charge in [0.1, 0.15) is 10.7 Å². The molecule has 32 heavy (non-hydrogen) atoms. The molecule has 0 atom stereocenters. The fourth-order valence-electron chi connectivity index (χ4n) is 4.31. The maximum absolute atomic E-state index is 13.4. The van der Waals surface area contributed by atoms with Crippen LogP contribution in [0.1, 0.15) is 22.5 Å². The van der Waals surface area contributed by atoms with Crippen molar-refractivity contribution in [1.29, 1.82) is 0 Å². The van der Waals surface area contributed by atoms with Gasteiger partial charge in [-0.05, 0) is 44.0 Å². The van der Waals surface area contributed by atoms with Crippen LogP contribution in [-0.4, -0.2) is 39.0 Å². The molecule has 0 saturated carbocycles. The molecule has 0 fully saturated rings. The number of pyridine rings is 2. The topological polar surface area (TPSA) is 93.0 Å². The van der Waals surface area contributed by atoms with E-state index in [0.717, 1.165) is 33.5 Å². The van der Waals surface area contributed by atoms with E-state index in [1.807, 2.05) is 36.4 Å². The molecular formula is C23H24N6O2S. The minimum Gasteiger partial charge on any atom is -0.339 e. The minimum atomic E-state index is -3.64. The third-order valence-electron chi connectivity index (χ3n) is 6.00. The first-order valence-corrected chi connectivity index (χ1v) is 11.9. The highest BCUT2D eigenvalue weighted by molar-refractivity contribution is 7.89. The summed E-state index contributed by atoms with van der Waals surface area (Å²) in [6.45, 7) is 4.22. The molecule has 0 radical (unpaired) electrons. The first-order chi connectivity index (χ1) is 15.3. The maximum Gasteiger partial charge on any atom is 0.247 e. The Hall–Kier alpha value is -3.30. The SMILES string of the molecule is Cc1nn(C)c(C)c1S(=O)(=O)N1CCc2c(ccnc2Nc2cnc3ccccc3c2)C1. The van der Waals surface area contributed by atoms with Gasteiger partial charge in [0.15, 0.2) is 0 Å². The summed E-state index contributed by atoms with van der Waals surface area (Å²) in [5.41, 5.74) is 4.94. The van der Waals surface area contributed by atoms with Crippen molar-refractivity contribution in [2.75, 3.05) is 11.9 Å². The van der Waals surface area contributed by atoms with Crippen molar-refractivity contribution in [3.8, 4) is 0 Å². The summed E-state index contributed by atoms with van der Waals surface area (Å²) in [6, 6.07) is 11.9. The van der Waals surface area contributed by atoms with E-state index >= 15 is 0 Å². The Labute approximate surface area is 187 Å². The molecule has 5 rings (SSSR count). The van der Waals surface area contributed by atoms with Gasteiger partial charge in [-0.2, -0.15) is 9.40 Å². The molecule has 4 aromatic rings. The largest absolute Gasteiger partial charge is 0.339 e. The number of para-hydroxylation sites is 1. The molecule has 1 N–H and O–H groups in total. The molecule has 0 spiro atoms. The van der Waals surface area contributed by atoms with Crippen molar-refractivity contribution < 1.29 is 8.42 Å². The summed E-state index contributed by atoms with van der Waals surface area (Å²) in [5, 5.41) is 8.70. The highest BCUT2D eigenvalue weighted by Crippen LogP contribution is 2.31. The van der Waals surface area contributed by atoms with Crippen LogP contribution in [0.4, 0.5) is 11.5 Å². The van der Waals surface area contributed by atoms with E-state index in [1.54, 1.807) is 38.0 Å². The number of benzene rings is 1. The van der Waals surface area contributed by atoms with Gasteiger partial charge >= 0.3 is 0 Å². The van der Waals surface area contributed by atoms with Crippen molar-refractivity contribution in [3.63, 3.8) is 0 Å². The summed E-state index contributed by atoms with van der Waals surface area (Å²) >= 11 is 0. The fourth-order valence-corrected chi connectivity index (χ4v) is 6.13. The molecule has 0 saturated heterocycles. The third kappa shape index (κ3) is 3.43. The number of nitrogens with one attached hydrogen (secondary N) is 1. The quantitative estimate of drug-likeness (QED) is 0.514. The second-order valence-electron chi connectivity index (χ2n) is 8.05. The number of rotatable bonds is 4. The molecule has 1 aliphatic rings. The molecule has 1 aromatic carbocycles. The summed E-state index contributed by atoms with van der Waals surface area (Å²) in [5.74, 6) is 0.741. The van der Waals surface area contributed by atoms with E-state index in [-0.39, 0.29) is 0 Å². The molecule has 1 aliphatic heterocycles. The summed E-state index contributed by atoms with van der Waals surface area (Å²) in [4.78, 5) is 9.33. The third-order valence-corrected chi connectivity index (χ3v) is 8.10. The summed E-state index contributed by atoms with van der Waals surface area (Å²) in [6.07, 6.45) is 4.08. The molecule has 4 heterocycles. The predicted octanol–water partition coefficient (Wildman–Crippen LogP) is 3.47. The van der Waals surface area contributed by atoms with Gasteiger partial charge in [0.2, 0.25) is 10.0 Å². The van der Waals surface area contributed by atoms with E-state index in [4.69, 9.17) is 0 Å². The average Bonchev–Trinajstić information content (AvgIpc) is 3.05. The zero-order valence-electron chi connectivity index (χ0n) is 18.2. The van der Waals surface area contributed by atoms with Crippen LogP contribution < -0.4 is 5.32 Å². The second kappa shape index (κ2) is 7.68. The van der Waals surface area contributed by atoms with E-state index < -0.39 is 10.0 Å². The maximum atomic E-state index is 13.4. The van der Waals surface area contributed by atoms with E-state index in [9.17, 15) is 8.42 Å². The van der Waals surface area contributed by atoms with E-state index in [2.05, 4.69) is 20.4 Å². The molecule has 0 aliphatic carbocycles. The fraction of sp³-hybridized carbons (Fsp3) is 0.261. The van der Waals surface area contributed by atoms with Gasteiger partial charge in [-0.1, -0.05) is 18.2 Å². The van der Waals surface area contributed by atoms with Crippen LogP contribution in [-0.2, 0) is 30.0 Å². The van der Waals surface area contributed by atoms with Crippen LogP contribution >= 0.6 is 0 Å². The van der Waals surface area contributed by atoms with Gasteiger partial charge < -0.3 is 5.32 Å². The van der Waals surface area contributed by atoms with Gasteiger partial charge in [0.25, 0.3) is 0 Å². The van der Waals surface area contributed by atoms with Crippen molar-refractivity contribution in [2.24, 2.45) is 7.05 Å². The van der Waals surface area contributed by atoms with E-state index in [0.29, 0.717) is 35.8 Å². The second-order valence-corrected chi connectivity index (χ2v) is 9.93. The average molecular weight is 449 g/mol. The zero-order chi connectivity index (χ0) is 22.5. The number of aryl methyl sites for hydroxylation is 2.